The minimum atomic E-state index is -0.154. The summed E-state index contributed by atoms with van der Waals surface area (Å²) in [5.74, 6) is 0.627. The number of nitrogens with zero attached hydrogens (tertiary/aromatic N) is 1. The van der Waals surface area contributed by atoms with E-state index in [1.807, 2.05) is 17.5 Å². The summed E-state index contributed by atoms with van der Waals surface area (Å²) in [5, 5.41) is 5.56. The second kappa shape index (κ2) is 6.17. The summed E-state index contributed by atoms with van der Waals surface area (Å²) in [4.78, 5) is 4.44. The Morgan fingerprint density at radius 1 is 1.38 bits per heavy atom. The third kappa shape index (κ3) is 2.97. The summed E-state index contributed by atoms with van der Waals surface area (Å²) in [6.07, 6.45) is 1.82. The van der Waals surface area contributed by atoms with Crippen LogP contribution >= 0.6 is 11.3 Å². The SMILES string of the molecule is COc1cc(NCC2(OC)CCOCC2)c2sccc2n1. The number of pyridine rings is 1. The number of nitrogens with one attached hydrogen (secondary N) is 1. The molecule has 5 nitrogen and oxygen atoms in total. The number of thiophene rings is 1. The van der Waals surface area contributed by atoms with Crippen molar-refractivity contribution in [1.29, 1.82) is 0 Å². The lowest BCUT2D eigenvalue weighted by molar-refractivity contribution is -0.0807. The van der Waals surface area contributed by atoms with Gasteiger partial charge >= 0.3 is 0 Å². The molecule has 2 aromatic heterocycles. The Morgan fingerprint density at radius 2 is 2.19 bits per heavy atom. The maximum Gasteiger partial charge on any atom is 0.215 e. The van der Waals surface area contributed by atoms with E-state index in [4.69, 9.17) is 14.2 Å². The Labute approximate surface area is 128 Å². The number of fused-ring (bicyclic) bond motifs is 1. The quantitative estimate of drug-likeness (QED) is 0.920. The van der Waals surface area contributed by atoms with Crippen molar-refractivity contribution in [3.8, 4) is 5.88 Å². The molecule has 21 heavy (non-hydrogen) atoms. The molecule has 0 aliphatic carbocycles. The molecule has 114 valence electrons. The van der Waals surface area contributed by atoms with Crippen molar-refractivity contribution >= 4 is 27.2 Å². The molecule has 1 N–H and O–H groups in total. The lowest BCUT2D eigenvalue weighted by Crippen LogP contribution is -2.44. The van der Waals surface area contributed by atoms with Crippen molar-refractivity contribution in [2.24, 2.45) is 0 Å². The molecular formula is C15H20N2O3S. The molecule has 0 radical (unpaired) electrons. The zero-order chi connectivity index (χ0) is 14.7. The molecule has 2 aromatic rings. The van der Waals surface area contributed by atoms with Crippen LogP contribution in [0.25, 0.3) is 10.2 Å². The van der Waals surface area contributed by atoms with Gasteiger partial charge in [0.15, 0.2) is 0 Å². The van der Waals surface area contributed by atoms with Crippen LogP contribution < -0.4 is 10.1 Å². The van der Waals surface area contributed by atoms with Crippen molar-refractivity contribution in [2.45, 2.75) is 18.4 Å². The largest absolute Gasteiger partial charge is 0.481 e. The monoisotopic (exact) mass is 308 g/mol. The van der Waals surface area contributed by atoms with E-state index in [1.165, 1.54) is 0 Å². The van der Waals surface area contributed by atoms with Gasteiger partial charge in [-0.1, -0.05) is 0 Å². The molecule has 0 aromatic carbocycles. The fourth-order valence-corrected chi connectivity index (χ4v) is 3.45. The van der Waals surface area contributed by atoms with Crippen LogP contribution in [-0.2, 0) is 9.47 Å². The molecule has 3 rings (SSSR count). The standard InChI is InChI=1S/C15H20N2O3S/c1-18-13-9-12(14-11(17-13)3-8-21-14)16-10-15(19-2)4-6-20-7-5-15/h3,8-9H,4-7,10H2,1-2H3,(H,16,17). The van der Waals surface area contributed by atoms with Gasteiger partial charge < -0.3 is 19.5 Å². The van der Waals surface area contributed by atoms with Crippen molar-refractivity contribution in [3.63, 3.8) is 0 Å². The maximum atomic E-state index is 5.76. The minimum absolute atomic E-state index is 0.154. The van der Waals surface area contributed by atoms with Crippen LogP contribution in [0.1, 0.15) is 12.8 Å². The van der Waals surface area contributed by atoms with Crippen molar-refractivity contribution in [3.05, 3.63) is 17.5 Å². The molecule has 0 atom stereocenters. The Balaban J connectivity index is 1.82. The zero-order valence-electron chi connectivity index (χ0n) is 12.3. The van der Waals surface area contributed by atoms with E-state index >= 15 is 0 Å². The number of aromatic nitrogens is 1. The summed E-state index contributed by atoms with van der Waals surface area (Å²) in [6, 6.07) is 3.95. The number of ether oxygens (including phenoxy) is 3. The lowest BCUT2D eigenvalue weighted by Gasteiger charge is -2.36. The Bertz CT molecular complexity index is 608. The van der Waals surface area contributed by atoms with Crippen molar-refractivity contribution in [1.82, 2.24) is 4.98 Å². The number of hydrogen-bond acceptors (Lipinski definition) is 6. The van der Waals surface area contributed by atoms with E-state index in [1.54, 1.807) is 25.6 Å². The smallest absolute Gasteiger partial charge is 0.215 e. The molecule has 1 fully saturated rings. The lowest BCUT2D eigenvalue weighted by atomic mass is 9.94. The normalized spacial score (nSPS) is 17.8. The summed E-state index contributed by atoms with van der Waals surface area (Å²) < 4.78 is 17.6. The highest BCUT2D eigenvalue weighted by Gasteiger charge is 2.32. The average molecular weight is 308 g/mol. The minimum Gasteiger partial charge on any atom is -0.481 e. The van der Waals surface area contributed by atoms with Gasteiger partial charge in [0.05, 0.1) is 28.6 Å². The van der Waals surface area contributed by atoms with Gasteiger partial charge in [-0.15, -0.1) is 11.3 Å². The summed E-state index contributed by atoms with van der Waals surface area (Å²) in [6.45, 7) is 2.26. The molecule has 6 heteroatoms. The molecule has 0 amide bonds. The van der Waals surface area contributed by atoms with E-state index in [-0.39, 0.29) is 5.60 Å². The summed E-state index contributed by atoms with van der Waals surface area (Å²) in [7, 11) is 3.42. The molecule has 1 aliphatic heterocycles. The van der Waals surface area contributed by atoms with Crippen LogP contribution in [-0.4, -0.2) is 44.6 Å². The first-order valence-electron chi connectivity index (χ1n) is 7.05. The number of methoxy groups -OCH3 is 2. The van der Waals surface area contributed by atoms with Crippen LogP contribution in [0.15, 0.2) is 17.5 Å². The number of hydrogen-bond donors (Lipinski definition) is 1. The van der Waals surface area contributed by atoms with Gasteiger partial charge in [-0.2, -0.15) is 0 Å². The Kier molecular flexibility index (Phi) is 4.28. The van der Waals surface area contributed by atoms with Crippen LogP contribution in [0.4, 0.5) is 5.69 Å². The molecule has 0 saturated carbocycles. The predicted molar refractivity (Wildman–Crippen MR) is 84.5 cm³/mol. The van der Waals surface area contributed by atoms with E-state index in [0.29, 0.717) is 5.88 Å². The first-order valence-corrected chi connectivity index (χ1v) is 7.93. The topological polar surface area (TPSA) is 52.6 Å². The second-order valence-corrected chi connectivity index (χ2v) is 6.12. The number of rotatable bonds is 5. The van der Waals surface area contributed by atoms with Gasteiger partial charge in [0.1, 0.15) is 0 Å². The van der Waals surface area contributed by atoms with E-state index < -0.39 is 0 Å². The van der Waals surface area contributed by atoms with Gasteiger partial charge in [0.25, 0.3) is 0 Å². The van der Waals surface area contributed by atoms with Crippen LogP contribution in [0.2, 0.25) is 0 Å². The molecule has 3 heterocycles. The highest BCUT2D eigenvalue weighted by molar-refractivity contribution is 7.17. The fraction of sp³-hybridized carbons (Fsp3) is 0.533. The maximum absolute atomic E-state index is 5.76. The van der Waals surface area contributed by atoms with Crippen LogP contribution in [0, 0.1) is 0 Å². The molecule has 1 saturated heterocycles. The number of anilines is 1. The van der Waals surface area contributed by atoms with Crippen molar-refractivity contribution < 1.29 is 14.2 Å². The fourth-order valence-electron chi connectivity index (χ4n) is 2.62. The Morgan fingerprint density at radius 3 is 2.90 bits per heavy atom. The molecule has 0 spiro atoms. The molecule has 0 bridgehead atoms. The summed E-state index contributed by atoms with van der Waals surface area (Å²) in [5.41, 5.74) is 1.85. The highest BCUT2D eigenvalue weighted by atomic mass is 32.1. The van der Waals surface area contributed by atoms with Gasteiger partial charge in [0.2, 0.25) is 5.88 Å². The average Bonchev–Trinajstić information content (AvgIpc) is 3.02. The highest BCUT2D eigenvalue weighted by Crippen LogP contribution is 2.32. The first-order chi connectivity index (χ1) is 10.3. The van der Waals surface area contributed by atoms with Gasteiger partial charge in [-0.25, -0.2) is 4.98 Å². The van der Waals surface area contributed by atoms with Gasteiger partial charge in [-0.3, -0.25) is 0 Å². The molecular weight excluding hydrogens is 288 g/mol. The van der Waals surface area contributed by atoms with Crippen molar-refractivity contribution in [2.75, 3.05) is 39.3 Å². The van der Waals surface area contributed by atoms with Gasteiger partial charge in [-0.05, 0) is 11.4 Å². The molecule has 1 aliphatic rings. The summed E-state index contributed by atoms with van der Waals surface area (Å²) >= 11 is 1.68. The zero-order valence-corrected chi connectivity index (χ0v) is 13.2. The van der Waals surface area contributed by atoms with E-state index in [2.05, 4.69) is 10.3 Å². The first kappa shape index (κ1) is 14.6. The second-order valence-electron chi connectivity index (χ2n) is 5.20. The predicted octanol–water partition coefficient (Wildman–Crippen LogP) is 2.91. The van der Waals surface area contributed by atoms with Gasteiger partial charge in [0, 0.05) is 45.8 Å². The van der Waals surface area contributed by atoms with Crippen LogP contribution in [0.3, 0.4) is 0 Å². The van der Waals surface area contributed by atoms with E-state index in [0.717, 1.165) is 48.5 Å². The van der Waals surface area contributed by atoms with Crippen LogP contribution in [0.5, 0.6) is 5.88 Å². The third-order valence-corrected chi connectivity index (χ3v) is 4.97. The molecule has 0 unspecified atom stereocenters. The third-order valence-electron chi connectivity index (χ3n) is 4.03. The van der Waals surface area contributed by atoms with E-state index in [9.17, 15) is 0 Å². The Hall–Kier alpha value is -1.37.